The van der Waals surface area contributed by atoms with Crippen LogP contribution in [0.1, 0.15) is 91.4 Å². The lowest BCUT2D eigenvalue weighted by Crippen LogP contribution is -2.25. The number of nitrogens with zero attached hydrogens (tertiary/aromatic N) is 4. The highest BCUT2D eigenvalue weighted by Crippen LogP contribution is 2.51. The minimum absolute atomic E-state index is 0.0505. The van der Waals surface area contributed by atoms with Crippen molar-refractivity contribution in [2.24, 2.45) is 0 Å². The zero-order chi connectivity index (χ0) is 54.3. The smallest absolute Gasteiger partial charge is 0.137 e. The molecule has 0 bridgehead atoms. The lowest BCUT2D eigenvalue weighted by molar-refractivity contribution is 0.483. The molecule has 0 unspecified atom stereocenters. The summed E-state index contributed by atoms with van der Waals surface area (Å²) < 4.78 is 53.4. The van der Waals surface area contributed by atoms with Crippen LogP contribution < -0.4 is 14.5 Å². The highest BCUT2D eigenvalue weighted by Gasteiger charge is 2.32. The van der Waals surface area contributed by atoms with Crippen LogP contribution in [0.15, 0.2) is 194 Å². The Hall–Kier alpha value is -7.89. The maximum atomic E-state index is 9.73. The first kappa shape index (κ1) is 40.8. The first-order valence-electron chi connectivity index (χ1n) is 27.5. The van der Waals surface area contributed by atoms with Crippen LogP contribution in [0.4, 0.5) is 22.7 Å². The topological polar surface area (TPSA) is 33.5 Å². The molecular formula is C67H64N4O. The fraction of sp³-hybridized carbons (Fsp3) is 0.209. The van der Waals surface area contributed by atoms with Gasteiger partial charge in [-0.15, -0.1) is 0 Å². The molecule has 0 spiro atoms. The molecule has 0 N–H and O–H groups in total. The lowest BCUT2D eigenvalue weighted by Gasteiger charge is -2.29. The number of aromatic nitrogens is 2. The average Bonchev–Trinajstić information content (AvgIpc) is 3.95. The van der Waals surface area contributed by atoms with E-state index in [-0.39, 0.29) is 33.9 Å². The summed E-state index contributed by atoms with van der Waals surface area (Å²) in [5, 5.41) is 2.26. The van der Waals surface area contributed by atoms with Crippen molar-refractivity contribution in [3.63, 3.8) is 0 Å². The van der Waals surface area contributed by atoms with Gasteiger partial charge in [-0.2, -0.15) is 0 Å². The first-order chi connectivity index (χ1) is 36.5. The maximum absolute atomic E-state index is 9.73. The zero-order valence-corrected chi connectivity index (χ0v) is 42.7. The summed E-state index contributed by atoms with van der Waals surface area (Å²) in [6.07, 6.45) is 1.90. The molecule has 0 aliphatic carbocycles. The summed E-state index contributed by atoms with van der Waals surface area (Å²) in [6, 6.07) is 59.3. The molecule has 0 saturated heterocycles. The molecule has 3 heterocycles. The van der Waals surface area contributed by atoms with Crippen LogP contribution >= 0.6 is 0 Å². The van der Waals surface area contributed by atoms with Gasteiger partial charge in [0.05, 0.1) is 30.8 Å². The predicted octanol–water partition coefficient (Wildman–Crippen LogP) is 18.4. The van der Waals surface area contributed by atoms with Crippen molar-refractivity contribution in [3.05, 3.63) is 216 Å². The van der Waals surface area contributed by atoms with E-state index in [0.717, 1.165) is 67.1 Å². The number of para-hydroxylation sites is 4. The molecule has 1 aliphatic rings. The normalized spacial score (nSPS) is 14.2. The molecule has 5 nitrogen and oxygen atoms in total. The fourth-order valence-corrected chi connectivity index (χ4v) is 10.1. The van der Waals surface area contributed by atoms with Gasteiger partial charge in [0, 0.05) is 50.0 Å². The zero-order valence-electron chi connectivity index (χ0n) is 47.7. The maximum Gasteiger partial charge on any atom is 0.137 e. The van der Waals surface area contributed by atoms with Crippen LogP contribution in [0.3, 0.4) is 0 Å². The Kier molecular flexibility index (Phi) is 10.1. The van der Waals surface area contributed by atoms with Gasteiger partial charge in [-0.1, -0.05) is 184 Å². The van der Waals surface area contributed by atoms with Gasteiger partial charge in [-0.25, -0.2) is 4.98 Å². The second kappa shape index (κ2) is 17.8. The van der Waals surface area contributed by atoms with Crippen LogP contribution in [-0.2, 0) is 16.2 Å². The molecule has 0 atom stereocenters. The van der Waals surface area contributed by atoms with E-state index >= 15 is 0 Å². The minimum atomic E-state index is -2.37. The standard InChI is InChI=1S/C67H64N4O/c1-44-19-11-12-22-54(44)45-29-31-46(32-30-45)55-24-18-25-56(47-37-49(66(5,6)7)39-50(38-47)67(8,9)10)64(55)70-43-69(60-27-15-16-28-61(60)70)51-20-17-21-52(41-51)72-53-33-34-58-57-23-13-14-26-59(57)71(62(58)42-53)63-40-48(35-36-68-63)65(2,3)4/h11-42H,43H2,1-10H3/i1D3,31D,32D. The molecule has 0 amide bonds. The van der Waals surface area contributed by atoms with Crippen LogP contribution in [0.2, 0.25) is 0 Å². The van der Waals surface area contributed by atoms with Crippen molar-refractivity contribution >= 4 is 44.6 Å². The number of fused-ring (bicyclic) bond motifs is 4. The third-order valence-electron chi connectivity index (χ3n) is 14.1. The minimum Gasteiger partial charge on any atom is -0.457 e. The van der Waals surface area contributed by atoms with E-state index in [9.17, 15) is 2.74 Å². The quantitative estimate of drug-likeness (QED) is 0.152. The molecule has 0 saturated carbocycles. The van der Waals surface area contributed by atoms with Gasteiger partial charge in [-0.05, 0) is 122 Å². The Morgan fingerprint density at radius 1 is 0.486 bits per heavy atom. The molecule has 8 aromatic carbocycles. The summed E-state index contributed by atoms with van der Waals surface area (Å²) in [6.45, 7) is 18.2. The lowest BCUT2D eigenvalue weighted by atomic mass is 9.78. The molecule has 2 aromatic heterocycles. The Balaban J connectivity index is 1.03. The van der Waals surface area contributed by atoms with Crippen LogP contribution in [0.25, 0.3) is 61.0 Å². The number of hydrogen-bond donors (Lipinski definition) is 0. The fourth-order valence-electron chi connectivity index (χ4n) is 10.1. The predicted molar refractivity (Wildman–Crippen MR) is 304 cm³/mol. The van der Waals surface area contributed by atoms with E-state index in [1.165, 1.54) is 16.7 Å². The van der Waals surface area contributed by atoms with Crippen molar-refractivity contribution in [3.8, 4) is 50.7 Å². The third kappa shape index (κ3) is 8.61. The van der Waals surface area contributed by atoms with Gasteiger partial charge in [0.15, 0.2) is 0 Å². The summed E-state index contributed by atoms with van der Waals surface area (Å²) in [7, 11) is 0. The van der Waals surface area contributed by atoms with E-state index in [2.05, 4.69) is 186 Å². The Labute approximate surface area is 433 Å². The summed E-state index contributed by atoms with van der Waals surface area (Å²) in [5.41, 5.74) is 13.5. The van der Waals surface area contributed by atoms with E-state index < -0.39 is 6.85 Å². The monoisotopic (exact) mass is 946 g/mol. The number of pyridine rings is 1. The van der Waals surface area contributed by atoms with Gasteiger partial charge >= 0.3 is 0 Å². The number of anilines is 4. The van der Waals surface area contributed by atoms with E-state index in [4.69, 9.17) is 13.8 Å². The van der Waals surface area contributed by atoms with Gasteiger partial charge in [0.25, 0.3) is 0 Å². The van der Waals surface area contributed by atoms with Gasteiger partial charge in [0.2, 0.25) is 0 Å². The van der Waals surface area contributed by atoms with Gasteiger partial charge < -0.3 is 14.5 Å². The van der Waals surface area contributed by atoms with Crippen LogP contribution in [0, 0.1) is 6.85 Å². The first-order valence-corrected chi connectivity index (χ1v) is 25.0. The third-order valence-corrected chi connectivity index (χ3v) is 14.1. The van der Waals surface area contributed by atoms with Crippen molar-refractivity contribution in [1.82, 2.24) is 9.55 Å². The highest BCUT2D eigenvalue weighted by molar-refractivity contribution is 6.09. The summed E-state index contributed by atoms with van der Waals surface area (Å²) in [4.78, 5) is 9.51. The summed E-state index contributed by atoms with van der Waals surface area (Å²) in [5.74, 6) is 2.24. The number of ether oxygens (including phenoxy) is 1. The van der Waals surface area contributed by atoms with Crippen molar-refractivity contribution in [1.29, 1.82) is 0 Å². The molecule has 72 heavy (non-hydrogen) atoms. The van der Waals surface area contributed by atoms with Gasteiger partial charge in [-0.3, -0.25) is 4.57 Å². The molecular weight excluding hydrogens is 877 g/mol. The van der Waals surface area contributed by atoms with Gasteiger partial charge in [0.1, 0.15) is 24.0 Å². The second-order valence-corrected chi connectivity index (χ2v) is 22.2. The number of rotatable bonds is 8. The molecule has 5 heteroatoms. The van der Waals surface area contributed by atoms with Crippen molar-refractivity contribution < 1.29 is 11.6 Å². The summed E-state index contributed by atoms with van der Waals surface area (Å²) >= 11 is 0. The largest absolute Gasteiger partial charge is 0.457 e. The average molecular weight is 946 g/mol. The van der Waals surface area contributed by atoms with Crippen molar-refractivity contribution in [2.45, 2.75) is 85.4 Å². The SMILES string of the molecule is [2H]c1cc(-c2ccccc2C([2H])([2H])[2H])cc([2H])c1-c1cccc(-c2cc(C(C)(C)C)cc(C(C)(C)C)c2)c1N1CN(c2cccc(Oc3ccc4c5ccccc5n(-c5cc(C(C)(C)C)ccn5)c4c3)c2)c2ccccc21. The van der Waals surface area contributed by atoms with E-state index in [1.54, 1.807) is 36.4 Å². The molecule has 0 fully saturated rings. The van der Waals surface area contributed by atoms with Crippen LogP contribution in [-0.4, -0.2) is 16.2 Å². The van der Waals surface area contributed by atoms with Crippen LogP contribution in [0.5, 0.6) is 11.5 Å². The second-order valence-electron chi connectivity index (χ2n) is 22.2. The number of benzene rings is 8. The molecule has 10 aromatic rings. The Morgan fingerprint density at radius 3 is 1.82 bits per heavy atom. The Bertz CT molecular complexity index is 3870. The Morgan fingerprint density at radius 2 is 1.10 bits per heavy atom. The number of aryl methyl sites for hydroxylation is 1. The number of hydrogen-bond acceptors (Lipinski definition) is 4. The highest BCUT2D eigenvalue weighted by atomic mass is 16.5. The molecule has 0 radical (unpaired) electrons. The van der Waals surface area contributed by atoms with Crippen molar-refractivity contribution in [2.75, 3.05) is 16.5 Å². The molecule has 358 valence electrons. The molecule has 1 aliphatic heterocycles. The molecule has 11 rings (SSSR count). The van der Waals surface area contributed by atoms with E-state index in [0.29, 0.717) is 34.9 Å². The van der Waals surface area contributed by atoms with E-state index in [1.807, 2.05) is 36.5 Å².